The molecule has 0 aromatic heterocycles. The van der Waals surface area contributed by atoms with Crippen molar-refractivity contribution in [3.8, 4) is 0 Å². The largest absolute Gasteiger partial charge is 0.481 e. The van der Waals surface area contributed by atoms with Crippen LogP contribution in [0.5, 0.6) is 0 Å². The van der Waals surface area contributed by atoms with Gasteiger partial charge in [-0.05, 0) is 12.8 Å². The Kier molecular flexibility index (Phi) is 17.6. The van der Waals surface area contributed by atoms with Crippen molar-refractivity contribution in [2.24, 2.45) is 5.92 Å². The van der Waals surface area contributed by atoms with Crippen LogP contribution in [0.1, 0.15) is 39.5 Å². The highest BCUT2D eigenvalue weighted by molar-refractivity contribution is 5.69. The van der Waals surface area contributed by atoms with Gasteiger partial charge in [-0.2, -0.15) is 0 Å². The first-order chi connectivity index (χ1) is 9.53. The van der Waals surface area contributed by atoms with Crippen molar-refractivity contribution in [1.29, 1.82) is 0 Å². The molecule has 0 aromatic carbocycles. The first-order valence-corrected chi connectivity index (χ1v) is 6.97. The summed E-state index contributed by atoms with van der Waals surface area (Å²) in [6.07, 6.45) is 3.71. The lowest BCUT2D eigenvalue weighted by Gasteiger charge is -2.13. The monoisotopic (exact) mass is 295 g/mol. The van der Waals surface area contributed by atoms with Gasteiger partial charge in [0.1, 0.15) is 0 Å². The molecule has 7 nitrogen and oxygen atoms in total. The third kappa shape index (κ3) is 15.3. The van der Waals surface area contributed by atoms with Crippen molar-refractivity contribution >= 4 is 5.97 Å². The summed E-state index contributed by atoms with van der Waals surface area (Å²) in [5.41, 5.74) is 0. The molecule has 0 rings (SSSR count). The highest BCUT2D eigenvalue weighted by Gasteiger charge is 2.12. The molecular formula is C13H29NO6. The summed E-state index contributed by atoms with van der Waals surface area (Å²) in [4.78, 5) is 19.9. The fraction of sp³-hybridized carbons (Fsp3) is 0.923. The van der Waals surface area contributed by atoms with Gasteiger partial charge in [0.15, 0.2) is 0 Å². The Balaban J connectivity index is 0. The van der Waals surface area contributed by atoms with Crippen molar-refractivity contribution in [3.63, 3.8) is 0 Å². The standard InChI is InChI=1S/C8H16O2.C5H13NO4/c1-3-5-6-7(4-2)8(9)10;1-6(9-4-2-7)10-5-3-8/h7H,3-6H2,1-2H3,(H,9,10);7-8H,2-5H2,1H3. The van der Waals surface area contributed by atoms with E-state index in [0.29, 0.717) is 0 Å². The number of hydrogen-bond donors (Lipinski definition) is 3. The predicted molar refractivity (Wildman–Crippen MR) is 74.8 cm³/mol. The van der Waals surface area contributed by atoms with Crippen LogP contribution < -0.4 is 0 Å². The summed E-state index contributed by atoms with van der Waals surface area (Å²) >= 11 is 0. The Morgan fingerprint density at radius 3 is 1.95 bits per heavy atom. The SMILES string of the molecule is CCCCC(CC)C(=O)O.CN(OCCO)OCCO. The van der Waals surface area contributed by atoms with Crippen LogP contribution in [0.3, 0.4) is 0 Å². The maximum absolute atomic E-state index is 10.4. The second-order valence-electron chi connectivity index (χ2n) is 4.14. The molecule has 0 saturated heterocycles. The van der Waals surface area contributed by atoms with Gasteiger partial charge in [-0.15, -0.1) is 0 Å². The Bertz CT molecular complexity index is 207. The van der Waals surface area contributed by atoms with Crippen molar-refractivity contribution in [3.05, 3.63) is 0 Å². The van der Waals surface area contributed by atoms with Crippen LogP contribution in [0.4, 0.5) is 0 Å². The minimum absolute atomic E-state index is 0.0488. The molecule has 0 aliphatic rings. The average molecular weight is 295 g/mol. The Hall–Kier alpha value is -0.730. The molecular weight excluding hydrogens is 266 g/mol. The molecule has 122 valence electrons. The molecule has 1 unspecified atom stereocenters. The smallest absolute Gasteiger partial charge is 0.306 e. The van der Waals surface area contributed by atoms with Crippen molar-refractivity contribution < 1.29 is 29.8 Å². The summed E-state index contributed by atoms with van der Waals surface area (Å²) in [7, 11) is 1.55. The topological polar surface area (TPSA) is 99.5 Å². The highest BCUT2D eigenvalue weighted by atomic mass is 16.9. The molecule has 0 bridgehead atoms. The fourth-order valence-corrected chi connectivity index (χ4v) is 1.33. The lowest BCUT2D eigenvalue weighted by atomic mass is 10.00. The maximum atomic E-state index is 10.4. The van der Waals surface area contributed by atoms with Gasteiger partial charge in [0.05, 0.1) is 32.3 Å². The number of nitrogens with zero attached hydrogens (tertiary/aromatic N) is 1. The molecule has 0 amide bonds. The molecule has 1 atom stereocenters. The quantitative estimate of drug-likeness (QED) is 0.490. The van der Waals surface area contributed by atoms with Crippen LogP contribution >= 0.6 is 0 Å². The lowest BCUT2D eigenvalue weighted by Crippen LogP contribution is -2.22. The average Bonchev–Trinajstić information content (AvgIpc) is 2.44. The Labute approximate surface area is 121 Å². The van der Waals surface area contributed by atoms with E-state index in [1.807, 2.05) is 6.92 Å². The molecule has 0 spiro atoms. The van der Waals surface area contributed by atoms with Gasteiger partial charge in [-0.1, -0.05) is 31.9 Å². The first-order valence-electron chi connectivity index (χ1n) is 6.97. The zero-order valence-corrected chi connectivity index (χ0v) is 12.7. The number of aliphatic carboxylic acids is 1. The number of carboxylic acids is 1. The van der Waals surface area contributed by atoms with E-state index in [0.717, 1.165) is 30.9 Å². The van der Waals surface area contributed by atoms with E-state index in [2.05, 4.69) is 6.92 Å². The van der Waals surface area contributed by atoms with E-state index in [1.165, 1.54) is 0 Å². The number of rotatable bonds is 11. The normalized spacial score (nSPS) is 11.9. The lowest BCUT2D eigenvalue weighted by molar-refractivity contribution is -0.356. The van der Waals surface area contributed by atoms with Crippen LogP contribution in [-0.2, 0) is 14.5 Å². The molecule has 7 heteroatoms. The van der Waals surface area contributed by atoms with E-state index in [9.17, 15) is 4.79 Å². The van der Waals surface area contributed by atoms with Gasteiger partial charge in [-0.3, -0.25) is 14.5 Å². The van der Waals surface area contributed by atoms with E-state index in [4.69, 9.17) is 25.0 Å². The maximum Gasteiger partial charge on any atom is 0.306 e. The number of carboxylic acid groups (broad SMARTS) is 1. The first kappa shape index (κ1) is 21.6. The predicted octanol–water partition coefficient (Wildman–Crippen LogP) is 1.05. The van der Waals surface area contributed by atoms with Gasteiger partial charge in [-0.25, -0.2) is 0 Å². The highest BCUT2D eigenvalue weighted by Crippen LogP contribution is 2.11. The van der Waals surface area contributed by atoms with Crippen LogP contribution in [0.2, 0.25) is 0 Å². The van der Waals surface area contributed by atoms with E-state index in [-0.39, 0.29) is 32.3 Å². The van der Waals surface area contributed by atoms with Gasteiger partial charge in [0.2, 0.25) is 0 Å². The zero-order valence-electron chi connectivity index (χ0n) is 12.7. The van der Waals surface area contributed by atoms with Gasteiger partial charge >= 0.3 is 5.97 Å². The molecule has 0 aromatic rings. The molecule has 0 aliphatic carbocycles. The Morgan fingerprint density at radius 2 is 1.65 bits per heavy atom. The van der Waals surface area contributed by atoms with Gasteiger partial charge < -0.3 is 15.3 Å². The number of unbranched alkanes of at least 4 members (excludes halogenated alkanes) is 1. The number of aliphatic hydroxyl groups excluding tert-OH is 2. The number of hydroxylamine groups is 2. The summed E-state index contributed by atoms with van der Waals surface area (Å²) in [6.45, 7) is 4.30. The van der Waals surface area contributed by atoms with Crippen LogP contribution in [0.15, 0.2) is 0 Å². The molecule has 0 heterocycles. The fourth-order valence-electron chi connectivity index (χ4n) is 1.33. The van der Waals surface area contributed by atoms with E-state index >= 15 is 0 Å². The number of hydrogen-bond acceptors (Lipinski definition) is 6. The summed E-state index contributed by atoms with van der Waals surface area (Å²) in [5.74, 6) is -0.754. The summed E-state index contributed by atoms with van der Waals surface area (Å²) in [5, 5.41) is 26.3. The zero-order chi connectivity index (χ0) is 15.8. The molecule has 0 saturated carbocycles. The molecule has 3 N–H and O–H groups in total. The van der Waals surface area contributed by atoms with E-state index < -0.39 is 5.97 Å². The molecule has 20 heavy (non-hydrogen) atoms. The minimum Gasteiger partial charge on any atom is -0.481 e. The Morgan fingerprint density at radius 1 is 1.15 bits per heavy atom. The summed E-state index contributed by atoms with van der Waals surface area (Å²) in [6, 6.07) is 0. The molecule has 0 aliphatic heterocycles. The minimum atomic E-state index is -0.643. The molecule has 0 fully saturated rings. The van der Waals surface area contributed by atoms with Crippen LogP contribution in [0, 0.1) is 5.92 Å². The molecule has 0 radical (unpaired) electrons. The van der Waals surface area contributed by atoms with Crippen molar-refractivity contribution in [1.82, 2.24) is 5.23 Å². The third-order valence-electron chi connectivity index (χ3n) is 2.48. The third-order valence-corrected chi connectivity index (χ3v) is 2.48. The van der Waals surface area contributed by atoms with Crippen LogP contribution in [-0.4, -0.2) is 60.0 Å². The van der Waals surface area contributed by atoms with Gasteiger partial charge in [0, 0.05) is 7.05 Å². The second-order valence-corrected chi connectivity index (χ2v) is 4.14. The van der Waals surface area contributed by atoms with Crippen LogP contribution in [0.25, 0.3) is 0 Å². The summed E-state index contributed by atoms with van der Waals surface area (Å²) < 4.78 is 0. The van der Waals surface area contributed by atoms with E-state index in [1.54, 1.807) is 7.05 Å². The van der Waals surface area contributed by atoms with Crippen molar-refractivity contribution in [2.75, 3.05) is 33.5 Å². The second kappa shape index (κ2) is 16.3. The van der Waals surface area contributed by atoms with Crippen molar-refractivity contribution in [2.45, 2.75) is 39.5 Å². The van der Waals surface area contributed by atoms with Gasteiger partial charge in [0.25, 0.3) is 0 Å². The number of aliphatic hydroxyl groups is 2. The number of carbonyl (C=O) groups is 1.